The summed E-state index contributed by atoms with van der Waals surface area (Å²) in [4.78, 5) is 10.9. The van der Waals surface area contributed by atoms with Crippen LogP contribution in [-0.4, -0.2) is 24.1 Å². The van der Waals surface area contributed by atoms with Gasteiger partial charge in [0.1, 0.15) is 17.5 Å². The second-order valence-corrected chi connectivity index (χ2v) is 5.02. The first-order chi connectivity index (χ1) is 10.1. The van der Waals surface area contributed by atoms with Gasteiger partial charge < -0.3 is 15.6 Å². The molecular weight excluding hydrogens is 264 g/mol. The van der Waals surface area contributed by atoms with Crippen LogP contribution < -0.4 is 21.5 Å². The number of anilines is 4. The van der Waals surface area contributed by atoms with Crippen molar-refractivity contribution in [2.75, 3.05) is 29.7 Å². The van der Waals surface area contributed by atoms with Crippen molar-refractivity contribution in [3.05, 3.63) is 36.2 Å². The van der Waals surface area contributed by atoms with Gasteiger partial charge in [-0.15, -0.1) is 0 Å². The topological polar surface area (TPSA) is 79.1 Å². The van der Waals surface area contributed by atoms with Crippen molar-refractivity contribution in [1.82, 2.24) is 9.97 Å². The van der Waals surface area contributed by atoms with Crippen LogP contribution in [0.25, 0.3) is 0 Å². The summed E-state index contributed by atoms with van der Waals surface area (Å²) in [6.45, 7) is 2.10. The third-order valence-corrected chi connectivity index (χ3v) is 3.05. The van der Waals surface area contributed by atoms with Crippen LogP contribution in [0.5, 0.6) is 0 Å². The Morgan fingerprint density at radius 1 is 1.10 bits per heavy atom. The van der Waals surface area contributed by atoms with E-state index >= 15 is 0 Å². The maximum Gasteiger partial charge on any atom is 0.145 e. The van der Waals surface area contributed by atoms with Gasteiger partial charge in [0.05, 0.1) is 0 Å². The van der Waals surface area contributed by atoms with Gasteiger partial charge in [0.15, 0.2) is 0 Å². The fourth-order valence-corrected chi connectivity index (χ4v) is 1.96. The number of nitrogens with zero attached hydrogens (tertiary/aromatic N) is 3. The predicted molar refractivity (Wildman–Crippen MR) is 87.9 cm³/mol. The molecular formula is C15H22N6. The Morgan fingerprint density at radius 3 is 2.33 bits per heavy atom. The highest BCUT2D eigenvalue weighted by Crippen LogP contribution is 2.20. The van der Waals surface area contributed by atoms with Crippen molar-refractivity contribution in [2.45, 2.75) is 19.8 Å². The summed E-state index contributed by atoms with van der Waals surface area (Å²) in [5.74, 6) is 7.58. The van der Waals surface area contributed by atoms with E-state index in [4.69, 9.17) is 5.84 Å². The number of nitrogens with one attached hydrogen (secondary N) is 2. The van der Waals surface area contributed by atoms with E-state index in [1.54, 1.807) is 6.07 Å². The van der Waals surface area contributed by atoms with E-state index in [9.17, 15) is 0 Å². The van der Waals surface area contributed by atoms with E-state index in [-0.39, 0.29) is 0 Å². The molecule has 1 heterocycles. The number of hydrazine groups is 1. The molecule has 0 saturated carbocycles. The molecule has 0 atom stereocenters. The van der Waals surface area contributed by atoms with Gasteiger partial charge in [0.25, 0.3) is 0 Å². The highest BCUT2D eigenvalue weighted by Gasteiger charge is 2.04. The van der Waals surface area contributed by atoms with Gasteiger partial charge in [0, 0.05) is 38.0 Å². The first kappa shape index (κ1) is 15.1. The van der Waals surface area contributed by atoms with Gasteiger partial charge in [-0.1, -0.05) is 6.92 Å². The zero-order chi connectivity index (χ0) is 15.2. The molecule has 0 bridgehead atoms. The molecule has 1 aromatic heterocycles. The van der Waals surface area contributed by atoms with Crippen LogP contribution in [0.1, 0.15) is 19.2 Å². The number of hydrogen-bond donors (Lipinski definition) is 3. The Hall–Kier alpha value is -2.34. The van der Waals surface area contributed by atoms with E-state index < -0.39 is 0 Å². The van der Waals surface area contributed by atoms with Crippen molar-refractivity contribution >= 4 is 23.0 Å². The molecule has 0 spiro atoms. The van der Waals surface area contributed by atoms with E-state index in [1.807, 2.05) is 26.2 Å². The largest absolute Gasteiger partial charge is 0.378 e. The zero-order valence-corrected chi connectivity index (χ0v) is 12.7. The highest BCUT2D eigenvalue weighted by atomic mass is 15.3. The SMILES string of the molecule is CCCc1nc(NN)cc(Nc2ccc(N(C)C)cc2)n1. The molecule has 0 fully saturated rings. The Kier molecular flexibility index (Phi) is 4.94. The molecule has 0 radical (unpaired) electrons. The number of nitrogens with two attached hydrogens (primary N) is 1. The summed E-state index contributed by atoms with van der Waals surface area (Å²) in [5, 5.41) is 3.28. The Morgan fingerprint density at radius 2 is 1.76 bits per heavy atom. The van der Waals surface area contributed by atoms with Crippen molar-refractivity contribution in [1.29, 1.82) is 0 Å². The van der Waals surface area contributed by atoms with Crippen molar-refractivity contribution < 1.29 is 0 Å². The summed E-state index contributed by atoms with van der Waals surface area (Å²) < 4.78 is 0. The lowest BCUT2D eigenvalue weighted by molar-refractivity contribution is 0.837. The molecule has 6 nitrogen and oxygen atoms in total. The number of benzene rings is 1. The fraction of sp³-hybridized carbons (Fsp3) is 0.333. The van der Waals surface area contributed by atoms with Gasteiger partial charge in [-0.05, 0) is 30.7 Å². The monoisotopic (exact) mass is 286 g/mol. The average molecular weight is 286 g/mol. The van der Waals surface area contributed by atoms with Gasteiger partial charge in [-0.3, -0.25) is 0 Å². The van der Waals surface area contributed by atoms with Gasteiger partial charge >= 0.3 is 0 Å². The fourth-order valence-electron chi connectivity index (χ4n) is 1.96. The number of aryl methyl sites for hydroxylation is 1. The second kappa shape index (κ2) is 6.90. The van der Waals surface area contributed by atoms with Crippen LogP contribution in [-0.2, 0) is 6.42 Å². The minimum atomic E-state index is 0.612. The number of nitrogen functional groups attached to an aromatic ring is 1. The van der Waals surface area contributed by atoms with E-state index in [2.05, 4.69) is 44.7 Å². The Bertz CT molecular complexity index is 579. The normalized spacial score (nSPS) is 10.3. The molecule has 2 aromatic rings. The van der Waals surface area contributed by atoms with Crippen molar-refractivity contribution in [3.8, 4) is 0 Å². The quantitative estimate of drug-likeness (QED) is 0.559. The molecule has 6 heteroatoms. The van der Waals surface area contributed by atoms with Crippen LogP contribution in [0, 0.1) is 0 Å². The van der Waals surface area contributed by atoms with Crippen LogP contribution in [0.3, 0.4) is 0 Å². The molecule has 112 valence electrons. The lowest BCUT2D eigenvalue weighted by atomic mass is 10.2. The average Bonchev–Trinajstić information content (AvgIpc) is 2.48. The minimum Gasteiger partial charge on any atom is -0.378 e. The van der Waals surface area contributed by atoms with Gasteiger partial charge in [0.2, 0.25) is 0 Å². The maximum atomic E-state index is 5.46. The number of rotatable bonds is 6. The molecule has 0 unspecified atom stereocenters. The summed E-state index contributed by atoms with van der Waals surface area (Å²) in [7, 11) is 4.03. The third kappa shape index (κ3) is 4.06. The van der Waals surface area contributed by atoms with Gasteiger partial charge in [-0.2, -0.15) is 0 Å². The van der Waals surface area contributed by atoms with E-state index in [0.29, 0.717) is 5.82 Å². The minimum absolute atomic E-state index is 0.612. The standard InChI is InChI=1S/C15H22N6/c1-4-5-13-18-14(10-15(19-13)20-16)17-11-6-8-12(9-7-11)21(2)3/h6-10H,4-5,16H2,1-3H3,(H2,17,18,19,20). The van der Waals surface area contributed by atoms with Gasteiger partial charge in [-0.25, -0.2) is 15.8 Å². The molecule has 0 aliphatic rings. The van der Waals surface area contributed by atoms with Crippen LogP contribution >= 0.6 is 0 Å². The van der Waals surface area contributed by atoms with E-state index in [0.717, 1.165) is 35.9 Å². The number of aromatic nitrogens is 2. The molecule has 1 aromatic carbocycles. The molecule has 0 aliphatic heterocycles. The van der Waals surface area contributed by atoms with Crippen LogP contribution in [0.15, 0.2) is 30.3 Å². The van der Waals surface area contributed by atoms with Crippen molar-refractivity contribution in [3.63, 3.8) is 0 Å². The molecule has 0 saturated heterocycles. The molecule has 2 rings (SSSR count). The molecule has 21 heavy (non-hydrogen) atoms. The molecule has 4 N–H and O–H groups in total. The Balaban J connectivity index is 2.19. The first-order valence-electron chi connectivity index (χ1n) is 7.01. The second-order valence-electron chi connectivity index (χ2n) is 5.02. The summed E-state index contributed by atoms with van der Waals surface area (Å²) in [5.41, 5.74) is 4.71. The maximum absolute atomic E-state index is 5.46. The smallest absolute Gasteiger partial charge is 0.145 e. The lowest BCUT2D eigenvalue weighted by Gasteiger charge is -2.13. The predicted octanol–water partition coefficient (Wildman–Crippen LogP) is 2.52. The Labute approximate surface area is 125 Å². The molecule has 0 amide bonds. The third-order valence-electron chi connectivity index (χ3n) is 3.05. The lowest BCUT2D eigenvalue weighted by Crippen LogP contribution is -2.11. The first-order valence-corrected chi connectivity index (χ1v) is 7.01. The summed E-state index contributed by atoms with van der Waals surface area (Å²) in [6.07, 6.45) is 1.81. The van der Waals surface area contributed by atoms with E-state index in [1.165, 1.54) is 0 Å². The molecule has 0 aliphatic carbocycles. The zero-order valence-electron chi connectivity index (χ0n) is 12.7. The van der Waals surface area contributed by atoms with Crippen LogP contribution in [0.2, 0.25) is 0 Å². The summed E-state index contributed by atoms with van der Waals surface area (Å²) in [6, 6.07) is 9.94. The van der Waals surface area contributed by atoms with Crippen molar-refractivity contribution in [2.24, 2.45) is 5.84 Å². The number of hydrogen-bond acceptors (Lipinski definition) is 6. The highest BCUT2D eigenvalue weighted by molar-refractivity contribution is 5.62. The van der Waals surface area contributed by atoms with Crippen LogP contribution in [0.4, 0.5) is 23.0 Å². The summed E-state index contributed by atoms with van der Waals surface area (Å²) >= 11 is 0.